The number of rotatable bonds is 4. The number of ketones is 1. The Morgan fingerprint density at radius 3 is 2.56 bits per heavy atom. The third-order valence-corrected chi connectivity index (χ3v) is 2.99. The van der Waals surface area contributed by atoms with Crippen LogP contribution in [-0.4, -0.2) is 18.9 Å². The van der Waals surface area contributed by atoms with Crippen LogP contribution in [-0.2, 0) is 0 Å². The first-order valence-electron chi connectivity index (χ1n) is 5.50. The molecule has 3 heteroatoms. The zero-order valence-electron chi connectivity index (χ0n) is 10.2. The number of benzene rings is 1. The molecule has 0 aromatic heterocycles. The van der Waals surface area contributed by atoms with Gasteiger partial charge in [-0.05, 0) is 38.5 Å². The SMILES string of the molecule is CCC(C)N(C)c1ccc(C(C)=O)cc1F. The van der Waals surface area contributed by atoms with Gasteiger partial charge < -0.3 is 4.90 Å². The Hall–Kier alpha value is -1.38. The van der Waals surface area contributed by atoms with E-state index in [1.165, 1.54) is 13.0 Å². The first-order chi connectivity index (χ1) is 7.47. The highest BCUT2D eigenvalue weighted by molar-refractivity contribution is 5.94. The highest BCUT2D eigenvalue weighted by atomic mass is 19.1. The first kappa shape index (κ1) is 12.7. The van der Waals surface area contributed by atoms with E-state index in [1.807, 2.05) is 18.9 Å². The zero-order valence-corrected chi connectivity index (χ0v) is 10.2. The molecule has 0 heterocycles. The topological polar surface area (TPSA) is 20.3 Å². The predicted molar refractivity (Wildman–Crippen MR) is 64.6 cm³/mol. The van der Waals surface area contributed by atoms with Gasteiger partial charge in [-0.15, -0.1) is 0 Å². The highest BCUT2D eigenvalue weighted by Gasteiger charge is 2.13. The van der Waals surface area contributed by atoms with Crippen LogP contribution in [0.4, 0.5) is 10.1 Å². The van der Waals surface area contributed by atoms with Crippen LogP contribution < -0.4 is 4.90 Å². The van der Waals surface area contributed by atoms with E-state index in [0.717, 1.165) is 6.42 Å². The van der Waals surface area contributed by atoms with E-state index in [9.17, 15) is 9.18 Å². The van der Waals surface area contributed by atoms with Crippen molar-refractivity contribution in [2.24, 2.45) is 0 Å². The van der Waals surface area contributed by atoms with E-state index in [2.05, 4.69) is 6.92 Å². The van der Waals surface area contributed by atoms with Gasteiger partial charge in [-0.3, -0.25) is 4.79 Å². The number of hydrogen-bond donors (Lipinski definition) is 0. The van der Waals surface area contributed by atoms with Gasteiger partial charge >= 0.3 is 0 Å². The van der Waals surface area contributed by atoms with Gasteiger partial charge in [-0.1, -0.05) is 6.92 Å². The Labute approximate surface area is 96.1 Å². The molecule has 0 aliphatic heterocycles. The third kappa shape index (κ3) is 2.60. The Bertz CT molecular complexity index is 390. The van der Waals surface area contributed by atoms with E-state index in [0.29, 0.717) is 11.3 Å². The molecule has 0 bridgehead atoms. The molecule has 1 aromatic rings. The van der Waals surface area contributed by atoms with Gasteiger partial charge in [0.25, 0.3) is 0 Å². The maximum atomic E-state index is 13.8. The van der Waals surface area contributed by atoms with Crippen LogP contribution in [0.2, 0.25) is 0 Å². The van der Waals surface area contributed by atoms with Gasteiger partial charge in [0.1, 0.15) is 5.82 Å². The Morgan fingerprint density at radius 1 is 1.50 bits per heavy atom. The summed E-state index contributed by atoms with van der Waals surface area (Å²) in [5.74, 6) is -0.452. The van der Waals surface area contributed by atoms with Crippen molar-refractivity contribution in [3.63, 3.8) is 0 Å². The normalized spacial score (nSPS) is 12.3. The van der Waals surface area contributed by atoms with Crippen LogP contribution >= 0.6 is 0 Å². The molecule has 1 atom stereocenters. The van der Waals surface area contributed by atoms with E-state index in [4.69, 9.17) is 0 Å². The van der Waals surface area contributed by atoms with Gasteiger partial charge in [-0.2, -0.15) is 0 Å². The van der Waals surface area contributed by atoms with Crippen molar-refractivity contribution in [3.8, 4) is 0 Å². The van der Waals surface area contributed by atoms with Crippen LogP contribution in [0, 0.1) is 5.82 Å². The lowest BCUT2D eigenvalue weighted by molar-refractivity contribution is 0.101. The summed E-state index contributed by atoms with van der Waals surface area (Å²) in [5, 5.41) is 0. The van der Waals surface area contributed by atoms with Crippen molar-refractivity contribution in [3.05, 3.63) is 29.6 Å². The lowest BCUT2D eigenvalue weighted by Crippen LogP contribution is -2.28. The summed E-state index contributed by atoms with van der Waals surface area (Å²) in [5.41, 5.74) is 0.957. The smallest absolute Gasteiger partial charge is 0.159 e. The van der Waals surface area contributed by atoms with Crippen molar-refractivity contribution in [2.75, 3.05) is 11.9 Å². The van der Waals surface area contributed by atoms with Crippen molar-refractivity contribution in [1.82, 2.24) is 0 Å². The van der Waals surface area contributed by atoms with Crippen molar-refractivity contribution >= 4 is 11.5 Å². The second-order valence-corrected chi connectivity index (χ2v) is 4.09. The molecule has 0 aliphatic carbocycles. The van der Waals surface area contributed by atoms with Crippen molar-refractivity contribution in [1.29, 1.82) is 0 Å². The Morgan fingerprint density at radius 2 is 2.12 bits per heavy atom. The summed E-state index contributed by atoms with van der Waals surface area (Å²) < 4.78 is 13.8. The van der Waals surface area contributed by atoms with E-state index < -0.39 is 0 Å². The second kappa shape index (κ2) is 5.10. The number of Topliss-reactive ketones (excluding diaryl/α,β-unsaturated/α-hetero) is 1. The molecule has 1 aromatic carbocycles. The molecule has 0 amide bonds. The molecular weight excluding hydrogens is 205 g/mol. The predicted octanol–water partition coefficient (Wildman–Crippen LogP) is 3.26. The van der Waals surface area contributed by atoms with E-state index in [1.54, 1.807) is 12.1 Å². The number of halogens is 1. The van der Waals surface area contributed by atoms with E-state index in [-0.39, 0.29) is 17.6 Å². The van der Waals surface area contributed by atoms with Crippen molar-refractivity contribution < 1.29 is 9.18 Å². The standard InChI is InChI=1S/C13H18FNO/c1-5-9(2)15(4)13-7-6-11(10(3)16)8-12(13)14/h6-9H,5H2,1-4H3. The minimum absolute atomic E-state index is 0.114. The van der Waals surface area contributed by atoms with Crippen LogP contribution in [0.1, 0.15) is 37.6 Å². The monoisotopic (exact) mass is 223 g/mol. The second-order valence-electron chi connectivity index (χ2n) is 4.09. The minimum atomic E-state index is -0.337. The summed E-state index contributed by atoms with van der Waals surface area (Å²) in [6.45, 7) is 5.54. The minimum Gasteiger partial charge on any atom is -0.370 e. The number of nitrogens with zero attached hydrogens (tertiary/aromatic N) is 1. The third-order valence-electron chi connectivity index (χ3n) is 2.99. The largest absolute Gasteiger partial charge is 0.370 e. The number of hydrogen-bond acceptors (Lipinski definition) is 2. The number of carbonyl (C=O) groups is 1. The number of anilines is 1. The van der Waals surface area contributed by atoms with E-state index >= 15 is 0 Å². The van der Waals surface area contributed by atoms with Gasteiger partial charge in [0.2, 0.25) is 0 Å². The molecule has 0 radical (unpaired) electrons. The fourth-order valence-corrected chi connectivity index (χ4v) is 1.52. The molecule has 0 saturated carbocycles. The summed E-state index contributed by atoms with van der Waals surface area (Å²) in [7, 11) is 1.86. The maximum absolute atomic E-state index is 13.8. The number of carbonyl (C=O) groups excluding carboxylic acids is 1. The van der Waals surface area contributed by atoms with Gasteiger partial charge in [0.15, 0.2) is 5.78 Å². The average Bonchev–Trinajstić information content (AvgIpc) is 2.26. The first-order valence-corrected chi connectivity index (χ1v) is 5.50. The molecule has 0 aliphatic rings. The lowest BCUT2D eigenvalue weighted by atomic mass is 10.1. The Balaban J connectivity index is 3.03. The quantitative estimate of drug-likeness (QED) is 0.730. The molecule has 16 heavy (non-hydrogen) atoms. The molecule has 0 N–H and O–H groups in total. The summed E-state index contributed by atoms with van der Waals surface area (Å²) >= 11 is 0. The molecule has 0 spiro atoms. The fourth-order valence-electron chi connectivity index (χ4n) is 1.52. The average molecular weight is 223 g/mol. The fraction of sp³-hybridized carbons (Fsp3) is 0.462. The highest BCUT2D eigenvalue weighted by Crippen LogP contribution is 2.22. The van der Waals surface area contributed by atoms with Gasteiger partial charge in [0, 0.05) is 18.7 Å². The van der Waals surface area contributed by atoms with Gasteiger partial charge in [0.05, 0.1) is 5.69 Å². The van der Waals surface area contributed by atoms with Crippen LogP contribution in [0.15, 0.2) is 18.2 Å². The maximum Gasteiger partial charge on any atom is 0.159 e. The van der Waals surface area contributed by atoms with Crippen LogP contribution in [0.3, 0.4) is 0 Å². The van der Waals surface area contributed by atoms with Gasteiger partial charge in [-0.25, -0.2) is 4.39 Å². The molecule has 1 rings (SSSR count). The molecule has 88 valence electrons. The zero-order chi connectivity index (χ0) is 12.3. The van der Waals surface area contributed by atoms with Crippen molar-refractivity contribution in [2.45, 2.75) is 33.2 Å². The summed E-state index contributed by atoms with van der Waals surface area (Å²) in [6.07, 6.45) is 0.949. The molecule has 2 nitrogen and oxygen atoms in total. The molecular formula is C13H18FNO. The Kier molecular flexibility index (Phi) is 4.05. The summed E-state index contributed by atoms with van der Waals surface area (Å²) in [4.78, 5) is 13.0. The van der Waals surface area contributed by atoms with Crippen LogP contribution in [0.25, 0.3) is 0 Å². The van der Waals surface area contributed by atoms with Crippen LogP contribution in [0.5, 0.6) is 0 Å². The summed E-state index contributed by atoms with van der Waals surface area (Å²) in [6, 6.07) is 4.91. The molecule has 1 unspecified atom stereocenters. The lowest BCUT2D eigenvalue weighted by Gasteiger charge is -2.26. The molecule has 0 fully saturated rings. The molecule has 0 saturated heterocycles.